The van der Waals surface area contributed by atoms with Gasteiger partial charge in [-0.15, -0.1) is 0 Å². The Balaban J connectivity index is 1.27. The molecular weight excluding hydrogens is 510 g/mol. The van der Waals surface area contributed by atoms with Gasteiger partial charge in [-0.1, -0.05) is 30.3 Å². The molecule has 1 saturated heterocycles. The van der Waals surface area contributed by atoms with E-state index in [1.54, 1.807) is 20.3 Å². The monoisotopic (exact) mass is 541 g/mol. The molecule has 2 fully saturated rings. The van der Waals surface area contributed by atoms with Crippen LogP contribution in [0.15, 0.2) is 60.7 Å². The number of anilines is 2. The van der Waals surface area contributed by atoms with E-state index >= 15 is 0 Å². The summed E-state index contributed by atoms with van der Waals surface area (Å²) < 4.78 is 17.2. The minimum Gasteiger partial charge on any atom is -0.493 e. The van der Waals surface area contributed by atoms with Gasteiger partial charge in [0.25, 0.3) is 5.69 Å². The highest BCUT2D eigenvalue weighted by Crippen LogP contribution is 2.42. The van der Waals surface area contributed by atoms with Crippen LogP contribution >= 0.6 is 0 Å². The predicted molar refractivity (Wildman–Crippen MR) is 153 cm³/mol. The number of piperazine rings is 1. The van der Waals surface area contributed by atoms with Gasteiger partial charge in [0, 0.05) is 49.6 Å². The van der Waals surface area contributed by atoms with Crippen LogP contribution in [0.25, 0.3) is 10.9 Å². The first-order valence-corrected chi connectivity index (χ1v) is 13.4. The number of ether oxygens (including phenoxy) is 3. The fourth-order valence-corrected chi connectivity index (χ4v) is 5.11. The predicted octanol–water partition coefficient (Wildman–Crippen LogP) is 5.34. The maximum Gasteiger partial charge on any atom is 0.273 e. The molecule has 1 aromatic heterocycles. The molecule has 1 aliphatic heterocycles. The smallest absolute Gasteiger partial charge is 0.273 e. The van der Waals surface area contributed by atoms with Crippen molar-refractivity contribution in [3.8, 4) is 17.2 Å². The Bertz CT molecular complexity index is 1540. The van der Waals surface area contributed by atoms with Crippen molar-refractivity contribution in [1.82, 2.24) is 9.97 Å². The lowest BCUT2D eigenvalue weighted by molar-refractivity contribution is -0.384. The number of non-ortho nitro benzene ring substituents is 1. The molecule has 6 rings (SSSR count). The number of hydrogen-bond donors (Lipinski definition) is 0. The van der Waals surface area contributed by atoms with E-state index in [0.29, 0.717) is 42.9 Å². The summed E-state index contributed by atoms with van der Waals surface area (Å²) in [6.07, 6.45) is 2.22. The average Bonchev–Trinajstić information content (AvgIpc) is 3.85. The van der Waals surface area contributed by atoms with Crippen LogP contribution in [0.1, 0.15) is 30.1 Å². The summed E-state index contributed by atoms with van der Waals surface area (Å²) in [7, 11) is 3.26. The quantitative estimate of drug-likeness (QED) is 0.205. The SMILES string of the molecule is COc1cc2nc(C3CC3)nc(N3CCN(c4ccc([N+](=O)[O-])cc4OCc4ccccc4)CC3)c2cc1OC. The molecule has 4 aromatic rings. The van der Waals surface area contributed by atoms with Crippen molar-refractivity contribution >= 4 is 28.1 Å². The number of hydrogen-bond acceptors (Lipinski definition) is 9. The van der Waals surface area contributed by atoms with Crippen molar-refractivity contribution in [1.29, 1.82) is 0 Å². The zero-order valence-corrected chi connectivity index (χ0v) is 22.6. The molecular formula is C30H31N5O5. The Hall–Kier alpha value is -4.60. The second-order valence-corrected chi connectivity index (χ2v) is 10.1. The van der Waals surface area contributed by atoms with Crippen LogP contribution in [0.5, 0.6) is 17.2 Å². The Labute approximate surface area is 232 Å². The number of fused-ring (bicyclic) bond motifs is 1. The molecule has 0 spiro atoms. The van der Waals surface area contributed by atoms with E-state index in [1.165, 1.54) is 12.1 Å². The highest BCUT2D eigenvalue weighted by atomic mass is 16.6. The van der Waals surface area contributed by atoms with Crippen molar-refractivity contribution in [2.45, 2.75) is 25.4 Å². The van der Waals surface area contributed by atoms with Crippen molar-refractivity contribution in [2.75, 3.05) is 50.2 Å². The first kappa shape index (κ1) is 25.7. The van der Waals surface area contributed by atoms with Gasteiger partial charge in [-0.3, -0.25) is 10.1 Å². The summed E-state index contributed by atoms with van der Waals surface area (Å²) >= 11 is 0. The lowest BCUT2D eigenvalue weighted by Gasteiger charge is -2.37. The van der Waals surface area contributed by atoms with Crippen molar-refractivity contribution in [2.24, 2.45) is 0 Å². The molecule has 3 aromatic carbocycles. The minimum atomic E-state index is -0.391. The van der Waals surface area contributed by atoms with Gasteiger partial charge in [0.05, 0.1) is 36.4 Å². The number of nitro groups is 1. The molecule has 2 heterocycles. The molecule has 10 nitrogen and oxygen atoms in total. The minimum absolute atomic E-state index is 0.00915. The molecule has 1 aliphatic carbocycles. The highest BCUT2D eigenvalue weighted by Gasteiger charge is 2.30. The Kier molecular flexibility index (Phi) is 6.98. The van der Waals surface area contributed by atoms with E-state index in [1.807, 2.05) is 42.5 Å². The van der Waals surface area contributed by atoms with Gasteiger partial charge in [-0.05, 0) is 30.5 Å². The maximum absolute atomic E-state index is 11.5. The van der Waals surface area contributed by atoms with Gasteiger partial charge in [-0.2, -0.15) is 0 Å². The van der Waals surface area contributed by atoms with Crippen molar-refractivity contribution < 1.29 is 19.1 Å². The van der Waals surface area contributed by atoms with E-state index in [4.69, 9.17) is 24.2 Å². The molecule has 0 unspecified atom stereocenters. The van der Waals surface area contributed by atoms with Crippen LogP contribution in [-0.4, -0.2) is 55.3 Å². The van der Waals surface area contributed by atoms with Crippen LogP contribution < -0.4 is 24.0 Å². The molecule has 0 radical (unpaired) electrons. The zero-order chi connectivity index (χ0) is 27.6. The van der Waals surface area contributed by atoms with E-state index < -0.39 is 4.92 Å². The van der Waals surface area contributed by atoms with Crippen LogP contribution in [-0.2, 0) is 6.61 Å². The third-order valence-corrected chi connectivity index (χ3v) is 7.45. The van der Waals surface area contributed by atoms with E-state index in [2.05, 4.69) is 9.80 Å². The summed E-state index contributed by atoms with van der Waals surface area (Å²) in [4.78, 5) is 25.5. The molecule has 0 amide bonds. The van der Waals surface area contributed by atoms with Crippen LogP contribution in [0.2, 0.25) is 0 Å². The highest BCUT2D eigenvalue weighted by molar-refractivity contribution is 5.92. The van der Waals surface area contributed by atoms with E-state index in [0.717, 1.165) is 59.7 Å². The van der Waals surface area contributed by atoms with E-state index in [-0.39, 0.29) is 5.69 Å². The standard InChI is InChI=1S/C30H31N5O5/c1-38-27-17-23-24(18-28(27)39-2)31-29(21-8-9-21)32-30(23)34-14-12-33(13-15-34)25-11-10-22(35(36)37)16-26(25)40-19-20-6-4-3-5-7-20/h3-7,10-11,16-18,21H,8-9,12-15,19H2,1-2H3. The molecule has 1 saturated carbocycles. The average molecular weight is 542 g/mol. The largest absolute Gasteiger partial charge is 0.493 e. The zero-order valence-electron chi connectivity index (χ0n) is 22.6. The Morgan fingerprint density at radius 2 is 1.57 bits per heavy atom. The lowest BCUT2D eigenvalue weighted by Crippen LogP contribution is -2.47. The van der Waals surface area contributed by atoms with E-state index in [9.17, 15) is 10.1 Å². The van der Waals surface area contributed by atoms with Gasteiger partial charge < -0.3 is 24.0 Å². The summed E-state index contributed by atoms with van der Waals surface area (Å²) in [5.74, 6) is 3.98. The first-order chi connectivity index (χ1) is 19.5. The molecule has 2 aliphatic rings. The topological polar surface area (TPSA) is 103 Å². The third-order valence-electron chi connectivity index (χ3n) is 7.45. The molecule has 10 heteroatoms. The lowest BCUT2D eigenvalue weighted by atomic mass is 10.1. The van der Waals surface area contributed by atoms with Gasteiger partial charge in [0.2, 0.25) is 0 Å². The second kappa shape index (κ2) is 10.9. The molecule has 206 valence electrons. The van der Waals surface area contributed by atoms with Crippen LogP contribution in [0.3, 0.4) is 0 Å². The van der Waals surface area contributed by atoms with Crippen LogP contribution in [0, 0.1) is 10.1 Å². The Morgan fingerprint density at radius 1 is 0.875 bits per heavy atom. The van der Waals surface area contributed by atoms with Crippen molar-refractivity contribution in [3.63, 3.8) is 0 Å². The van der Waals surface area contributed by atoms with Crippen LogP contribution in [0.4, 0.5) is 17.2 Å². The number of rotatable bonds is 9. The fourth-order valence-electron chi connectivity index (χ4n) is 5.11. The fraction of sp³-hybridized carbons (Fsp3) is 0.333. The summed E-state index contributed by atoms with van der Waals surface area (Å²) in [5.41, 5.74) is 2.70. The number of methoxy groups -OCH3 is 2. The maximum atomic E-state index is 11.5. The normalized spacial score (nSPS) is 15.2. The van der Waals surface area contributed by atoms with Gasteiger partial charge in [0.15, 0.2) is 11.5 Å². The molecule has 0 atom stereocenters. The second-order valence-electron chi connectivity index (χ2n) is 10.1. The number of nitro benzene ring substituents is 1. The van der Waals surface area contributed by atoms with Gasteiger partial charge >= 0.3 is 0 Å². The summed E-state index contributed by atoms with van der Waals surface area (Å²) in [6.45, 7) is 3.19. The van der Waals surface area contributed by atoms with Gasteiger partial charge in [-0.25, -0.2) is 9.97 Å². The number of aromatic nitrogens is 2. The number of nitrogens with zero attached hydrogens (tertiary/aromatic N) is 5. The molecule has 0 N–H and O–H groups in total. The Morgan fingerprint density at radius 3 is 2.25 bits per heavy atom. The number of benzene rings is 3. The third kappa shape index (κ3) is 5.16. The summed E-state index contributed by atoms with van der Waals surface area (Å²) in [5, 5.41) is 12.4. The molecule has 40 heavy (non-hydrogen) atoms. The first-order valence-electron chi connectivity index (χ1n) is 13.4. The molecule has 0 bridgehead atoms. The van der Waals surface area contributed by atoms with Crippen molar-refractivity contribution in [3.05, 3.63) is 82.2 Å². The summed E-state index contributed by atoms with van der Waals surface area (Å²) in [6, 6.07) is 18.5. The van der Waals surface area contributed by atoms with Gasteiger partial charge in [0.1, 0.15) is 24.0 Å².